The van der Waals surface area contributed by atoms with Crippen LogP contribution < -0.4 is 16.4 Å². The second-order valence-corrected chi connectivity index (χ2v) is 8.42. The molecule has 11 heteroatoms. The number of primary amides is 1. The van der Waals surface area contributed by atoms with E-state index in [1.807, 2.05) is 0 Å². The molecular weight excluding hydrogens is 390 g/mol. The summed E-state index contributed by atoms with van der Waals surface area (Å²) in [4.78, 5) is 35.7. The minimum atomic E-state index is -4.67. The van der Waals surface area contributed by atoms with Crippen LogP contribution in [-0.2, 0) is 24.4 Å². The number of carbonyl (C=O) groups is 3. The Morgan fingerprint density at radius 3 is 2.25 bits per heavy atom. The topological polar surface area (TPSA) is 165 Å². The first kappa shape index (κ1) is 23.4. The molecule has 5 N–H and O–H groups in total. The summed E-state index contributed by atoms with van der Waals surface area (Å²) in [6.45, 7) is 4.86. The van der Waals surface area contributed by atoms with Gasteiger partial charge in [-0.25, -0.2) is 4.79 Å². The average Bonchev–Trinajstić information content (AvgIpc) is 2.54. The lowest BCUT2D eigenvalue weighted by molar-refractivity contribution is -0.124. The summed E-state index contributed by atoms with van der Waals surface area (Å²) >= 11 is 0. The smallest absolute Gasteiger partial charge is 0.408 e. The maximum atomic E-state index is 12.4. The third kappa shape index (κ3) is 6.82. The van der Waals surface area contributed by atoms with Crippen molar-refractivity contribution < 1.29 is 32.1 Å². The van der Waals surface area contributed by atoms with E-state index in [1.165, 1.54) is 25.2 Å². The lowest BCUT2D eigenvalue weighted by Gasteiger charge is -2.28. The monoisotopic (exact) mass is 415 g/mol. The lowest BCUT2D eigenvalue weighted by Crippen LogP contribution is -2.51. The van der Waals surface area contributed by atoms with Gasteiger partial charge in [-0.3, -0.25) is 14.1 Å². The molecule has 1 aromatic carbocycles. The van der Waals surface area contributed by atoms with Crippen molar-refractivity contribution >= 4 is 28.0 Å². The molecule has 0 aliphatic rings. The lowest BCUT2D eigenvalue weighted by atomic mass is 9.87. The number of benzene rings is 1. The molecule has 28 heavy (non-hydrogen) atoms. The Labute approximate surface area is 163 Å². The third-order valence-electron chi connectivity index (χ3n) is 3.62. The zero-order valence-electron chi connectivity index (χ0n) is 16.1. The first-order valence-electron chi connectivity index (χ1n) is 8.32. The number of alkyl carbamates (subject to hydrolysis) is 1. The number of carbonyl (C=O) groups excluding carboxylic acids is 3. The number of hydrogen-bond donors (Lipinski definition) is 4. The number of likely N-dealkylation sites (N-methyl/N-ethyl adjacent to an activating group) is 1. The normalized spacial score (nSPS) is 13.9. The van der Waals surface area contributed by atoms with Crippen molar-refractivity contribution in [3.05, 3.63) is 29.8 Å². The fourth-order valence-corrected chi connectivity index (χ4v) is 3.35. The molecule has 0 heterocycles. The standard InChI is InChI=1S/C17H25N3O7S/c1-17(2,3)27-16(23)20-14(15(22)19-4)11(9-13(18)21)10-7-5-6-8-12(10)28(24,25)26/h5-8,11,14H,9H2,1-4H3,(H2,18,21)(H,19,22)(H,20,23)(H,24,25,26)/t11?,14-/m0/s1. The number of ether oxygens (including phenoxy) is 1. The fraction of sp³-hybridized carbons (Fsp3) is 0.471. The minimum absolute atomic E-state index is 0.0477. The molecule has 1 aromatic rings. The molecule has 1 unspecified atom stereocenters. The highest BCUT2D eigenvalue weighted by atomic mass is 32.2. The van der Waals surface area contributed by atoms with E-state index in [4.69, 9.17) is 10.5 Å². The Morgan fingerprint density at radius 1 is 1.21 bits per heavy atom. The van der Waals surface area contributed by atoms with Gasteiger partial charge in [0.15, 0.2) is 0 Å². The predicted molar refractivity (Wildman–Crippen MR) is 100 cm³/mol. The van der Waals surface area contributed by atoms with Crippen LogP contribution >= 0.6 is 0 Å². The summed E-state index contributed by atoms with van der Waals surface area (Å²) in [6.07, 6.45) is -1.42. The van der Waals surface area contributed by atoms with Crippen molar-refractivity contribution in [3.63, 3.8) is 0 Å². The van der Waals surface area contributed by atoms with Crippen molar-refractivity contribution in [1.82, 2.24) is 10.6 Å². The van der Waals surface area contributed by atoms with Gasteiger partial charge >= 0.3 is 6.09 Å². The summed E-state index contributed by atoms with van der Waals surface area (Å²) in [5.74, 6) is -2.72. The number of nitrogens with one attached hydrogen (secondary N) is 2. The van der Waals surface area contributed by atoms with Crippen LogP contribution in [0.1, 0.15) is 38.7 Å². The molecule has 0 radical (unpaired) electrons. The Balaban J connectivity index is 3.47. The fourth-order valence-electron chi connectivity index (χ4n) is 2.58. The minimum Gasteiger partial charge on any atom is -0.444 e. The second-order valence-electron chi connectivity index (χ2n) is 7.03. The molecule has 0 bridgehead atoms. The van der Waals surface area contributed by atoms with Crippen LogP contribution in [0.3, 0.4) is 0 Å². The van der Waals surface area contributed by atoms with Crippen LogP contribution in [-0.4, -0.2) is 49.6 Å². The van der Waals surface area contributed by atoms with Gasteiger partial charge in [0.2, 0.25) is 11.8 Å². The van der Waals surface area contributed by atoms with Crippen LogP contribution in [0.25, 0.3) is 0 Å². The Hall–Kier alpha value is -2.66. The molecule has 3 amide bonds. The van der Waals surface area contributed by atoms with E-state index >= 15 is 0 Å². The van der Waals surface area contributed by atoms with Crippen molar-refractivity contribution in [2.24, 2.45) is 5.73 Å². The predicted octanol–water partition coefficient (Wildman–Crippen LogP) is 0.532. The Bertz CT molecular complexity index is 847. The maximum absolute atomic E-state index is 12.4. The molecule has 1 rings (SSSR count). The van der Waals surface area contributed by atoms with Gasteiger partial charge in [-0.05, 0) is 32.4 Å². The van der Waals surface area contributed by atoms with Gasteiger partial charge in [-0.2, -0.15) is 8.42 Å². The van der Waals surface area contributed by atoms with Gasteiger partial charge in [-0.15, -0.1) is 0 Å². The van der Waals surface area contributed by atoms with Gasteiger partial charge < -0.3 is 21.1 Å². The van der Waals surface area contributed by atoms with E-state index in [1.54, 1.807) is 20.8 Å². The number of hydrogen-bond acceptors (Lipinski definition) is 6. The van der Waals surface area contributed by atoms with Gasteiger partial charge in [0.25, 0.3) is 10.1 Å². The van der Waals surface area contributed by atoms with Gasteiger partial charge in [-0.1, -0.05) is 18.2 Å². The average molecular weight is 415 g/mol. The van der Waals surface area contributed by atoms with Crippen LogP contribution in [0.2, 0.25) is 0 Å². The summed E-state index contributed by atoms with van der Waals surface area (Å²) < 4.78 is 38.1. The van der Waals surface area contributed by atoms with E-state index in [9.17, 15) is 27.4 Å². The summed E-state index contributed by atoms with van der Waals surface area (Å²) in [7, 11) is -3.36. The van der Waals surface area contributed by atoms with Crippen LogP contribution in [0.15, 0.2) is 29.2 Å². The summed E-state index contributed by atoms with van der Waals surface area (Å²) in [5, 5.41) is 4.69. The van der Waals surface area contributed by atoms with E-state index < -0.39 is 56.9 Å². The molecule has 2 atom stereocenters. The van der Waals surface area contributed by atoms with Crippen molar-refractivity contribution in [2.45, 2.75) is 49.6 Å². The number of amides is 3. The quantitative estimate of drug-likeness (QED) is 0.472. The maximum Gasteiger partial charge on any atom is 0.408 e. The van der Waals surface area contributed by atoms with E-state index in [-0.39, 0.29) is 5.56 Å². The van der Waals surface area contributed by atoms with Crippen LogP contribution in [0.4, 0.5) is 4.79 Å². The van der Waals surface area contributed by atoms with Crippen molar-refractivity contribution in [3.8, 4) is 0 Å². The summed E-state index contributed by atoms with van der Waals surface area (Å²) in [6, 6.07) is 3.88. The summed E-state index contributed by atoms with van der Waals surface area (Å²) in [5.41, 5.74) is 4.37. The molecule has 0 saturated heterocycles. The highest BCUT2D eigenvalue weighted by Gasteiger charge is 2.36. The highest BCUT2D eigenvalue weighted by molar-refractivity contribution is 7.85. The molecular formula is C17H25N3O7S. The molecule has 0 aliphatic heterocycles. The van der Waals surface area contributed by atoms with Gasteiger partial charge in [0.05, 0.1) is 4.90 Å². The Morgan fingerprint density at radius 2 is 1.79 bits per heavy atom. The second kappa shape index (κ2) is 9.02. The first-order chi connectivity index (χ1) is 12.8. The number of nitrogens with two attached hydrogens (primary N) is 1. The first-order valence-corrected chi connectivity index (χ1v) is 9.76. The zero-order chi connectivity index (χ0) is 21.7. The van der Waals surface area contributed by atoms with E-state index in [0.29, 0.717) is 0 Å². The largest absolute Gasteiger partial charge is 0.444 e. The zero-order valence-corrected chi connectivity index (χ0v) is 16.9. The molecule has 10 nitrogen and oxygen atoms in total. The molecule has 0 spiro atoms. The van der Waals surface area contributed by atoms with Crippen molar-refractivity contribution in [1.29, 1.82) is 0 Å². The molecule has 0 aliphatic carbocycles. The van der Waals surface area contributed by atoms with Crippen LogP contribution in [0.5, 0.6) is 0 Å². The van der Waals surface area contributed by atoms with E-state index in [2.05, 4.69) is 10.6 Å². The Kier molecular flexibility index (Phi) is 7.53. The molecule has 156 valence electrons. The molecule has 0 aromatic heterocycles. The van der Waals surface area contributed by atoms with Crippen LogP contribution in [0, 0.1) is 0 Å². The third-order valence-corrected chi connectivity index (χ3v) is 4.55. The molecule has 0 fully saturated rings. The molecule has 0 saturated carbocycles. The van der Waals surface area contributed by atoms with E-state index in [0.717, 1.165) is 6.07 Å². The van der Waals surface area contributed by atoms with Gasteiger partial charge in [0.1, 0.15) is 11.6 Å². The highest BCUT2D eigenvalue weighted by Crippen LogP contribution is 2.30. The SMILES string of the molecule is CNC(=O)[C@@H](NC(=O)OC(C)(C)C)C(CC(N)=O)c1ccccc1S(=O)(=O)O. The number of rotatable bonds is 7. The van der Waals surface area contributed by atoms with Gasteiger partial charge in [0, 0.05) is 19.4 Å². The van der Waals surface area contributed by atoms with Crippen molar-refractivity contribution in [2.75, 3.05) is 7.05 Å².